The maximum absolute atomic E-state index is 12.3. The van der Waals surface area contributed by atoms with E-state index in [2.05, 4.69) is 28.9 Å². The van der Waals surface area contributed by atoms with E-state index in [0.29, 0.717) is 24.8 Å². The van der Waals surface area contributed by atoms with E-state index in [0.717, 1.165) is 6.42 Å². The highest BCUT2D eigenvalue weighted by atomic mass is 32.2. The average Bonchev–Trinajstić information content (AvgIpc) is 2.96. The second-order valence-corrected chi connectivity index (χ2v) is 7.36. The number of nitrogens with one attached hydrogen (secondary N) is 2. The number of sulfonamides is 1. The van der Waals surface area contributed by atoms with Gasteiger partial charge in [-0.05, 0) is 36.8 Å². The summed E-state index contributed by atoms with van der Waals surface area (Å²) in [5.74, 6) is 0.842. The summed E-state index contributed by atoms with van der Waals surface area (Å²) in [6, 6.07) is 3.21. The van der Waals surface area contributed by atoms with Crippen LogP contribution in [0.5, 0.6) is 0 Å². The molecule has 1 fully saturated rings. The molecule has 6 heteroatoms. The van der Waals surface area contributed by atoms with Gasteiger partial charge in [-0.15, -0.1) is 0 Å². The van der Waals surface area contributed by atoms with Crippen LogP contribution in [0.15, 0.2) is 23.2 Å². The first-order chi connectivity index (χ1) is 8.87. The quantitative estimate of drug-likeness (QED) is 0.835. The van der Waals surface area contributed by atoms with Crippen LogP contribution in [0.4, 0.5) is 5.82 Å². The van der Waals surface area contributed by atoms with Crippen LogP contribution in [-0.2, 0) is 10.0 Å². The molecule has 0 saturated heterocycles. The molecule has 1 aliphatic rings. The molecule has 1 saturated carbocycles. The summed E-state index contributed by atoms with van der Waals surface area (Å²) < 4.78 is 27.2. The van der Waals surface area contributed by atoms with Crippen LogP contribution in [-0.4, -0.2) is 26.5 Å². The van der Waals surface area contributed by atoms with Crippen LogP contribution in [0.2, 0.25) is 0 Å². The lowest BCUT2D eigenvalue weighted by atomic mass is 10.1. The Morgan fingerprint density at radius 1 is 1.47 bits per heavy atom. The van der Waals surface area contributed by atoms with Gasteiger partial charge in [0.15, 0.2) is 0 Å². The van der Waals surface area contributed by atoms with Crippen molar-refractivity contribution in [3.63, 3.8) is 0 Å². The zero-order valence-corrected chi connectivity index (χ0v) is 12.4. The van der Waals surface area contributed by atoms with E-state index in [9.17, 15) is 8.42 Å². The van der Waals surface area contributed by atoms with Gasteiger partial charge >= 0.3 is 0 Å². The number of pyridine rings is 1. The van der Waals surface area contributed by atoms with Crippen LogP contribution in [0, 0.1) is 11.3 Å². The van der Waals surface area contributed by atoms with Crippen molar-refractivity contribution in [2.45, 2.75) is 32.1 Å². The highest BCUT2D eigenvalue weighted by Gasteiger charge is 2.45. The number of hydrogen-bond donors (Lipinski definition) is 2. The van der Waals surface area contributed by atoms with Crippen molar-refractivity contribution < 1.29 is 8.42 Å². The van der Waals surface area contributed by atoms with Crippen LogP contribution < -0.4 is 10.0 Å². The molecule has 1 aromatic rings. The Morgan fingerprint density at radius 3 is 2.74 bits per heavy atom. The van der Waals surface area contributed by atoms with E-state index in [4.69, 9.17) is 0 Å². The number of rotatable bonds is 6. The van der Waals surface area contributed by atoms with Crippen LogP contribution in [0.1, 0.15) is 27.2 Å². The average molecular weight is 283 g/mol. The molecule has 1 heterocycles. The van der Waals surface area contributed by atoms with Gasteiger partial charge in [-0.2, -0.15) is 0 Å². The fourth-order valence-electron chi connectivity index (χ4n) is 2.12. The molecule has 1 unspecified atom stereocenters. The van der Waals surface area contributed by atoms with Crippen LogP contribution in [0.3, 0.4) is 0 Å². The molecule has 5 nitrogen and oxygen atoms in total. The first-order valence-corrected chi connectivity index (χ1v) is 8.03. The van der Waals surface area contributed by atoms with E-state index in [1.807, 2.05) is 6.92 Å². The normalized spacial score (nSPS) is 21.1. The van der Waals surface area contributed by atoms with Gasteiger partial charge in [0, 0.05) is 19.3 Å². The Morgan fingerprint density at radius 2 is 2.16 bits per heavy atom. The molecule has 0 bridgehead atoms. The van der Waals surface area contributed by atoms with Gasteiger partial charge in [0.05, 0.1) is 0 Å². The predicted octanol–water partition coefficient (Wildman–Crippen LogP) is 1.84. The maximum Gasteiger partial charge on any atom is 0.244 e. The molecule has 0 spiro atoms. The summed E-state index contributed by atoms with van der Waals surface area (Å²) in [5, 5.41) is 2.97. The monoisotopic (exact) mass is 283 g/mol. The molecule has 0 aliphatic heterocycles. The Hall–Kier alpha value is -1.14. The summed E-state index contributed by atoms with van der Waals surface area (Å²) in [4.78, 5) is 4.29. The minimum Gasteiger partial charge on any atom is -0.369 e. The molecule has 1 aromatic heterocycles. The minimum absolute atomic E-state index is 0.218. The second-order valence-electron chi connectivity index (χ2n) is 5.62. The van der Waals surface area contributed by atoms with E-state index in [-0.39, 0.29) is 10.3 Å². The highest BCUT2D eigenvalue weighted by Crippen LogP contribution is 2.51. The van der Waals surface area contributed by atoms with Gasteiger partial charge in [0.2, 0.25) is 10.0 Å². The molecule has 19 heavy (non-hydrogen) atoms. The van der Waals surface area contributed by atoms with E-state index in [1.54, 1.807) is 18.3 Å². The lowest BCUT2D eigenvalue weighted by Gasteiger charge is -2.11. The third-order valence-corrected chi connectivity index (χ3v) is 5.10. The summed E-state index contributed by atoms with van der Waals surface area (Å²) in [5.41, 5.74) is 0.266. The van der Waals surface area contributed by atoms with E-state index < -0.39 is 10.0 Å². The molecule has 2 N–H and O–H groups in total. The summed E-state index contributed by atoms with van der Waals surface area (Å²) in [6.07, 6.45) is 2.66. The first kappa shape index (κ1) is 14.3. The van der Waals surface area contributed by atoms with E-state index in [1.165, 1.54) is 0 Å². The highest BCUT2D eigenvalue weighted by molar-refractivity contribution is 7.89. The molecule has 106 valence electrons. The zero-order chi connectivity index (χ0) is 14.1. The third-order valence-electron chi connectivity index (χ3n) is 3.64. The van der Waals surface area contributed by atoms with Gasteiger partial charge in [0.25, 0.3) is 0 Å². The van der Waals surface area contributed by atoms with Crippen molar-refractivity contribution in [3.8, 4) is 0 Å². The first-order valence-electron chi connectivity index (χ1n) is 6.55. The summed E-state index contributed by atoms with van der Waals surface area (Å²) in [7, 11) is -3.49. The summed E-state index contributed by atoms with van der Waals surface area (Å²) >= 11 is 0. The van der Waals surface area contributed by atoms with Gasteiger partial charge in [-0.25, -0.2) is 18.1 Å². The molecule has 0 radical (unpaired) electrons. The van der Waals surface area contributed by atoms with Gasteiger partial charge in [-0.1, -0.05) is 13.8 Å². The zero-order valence-electron chi connectivity index (χ0n) is 11.6. The van der Waals surface area contributed by atoms with Crippen LogP contribution in [0.25, 0.3) is 0 Å². The third kappa shape index (κ3) is 3.25. The van der Waals surface area contributed by atoms with Crippen molar-refractivity contribution in [2.75, 3.05) is 18.4 Å². The van der Waals surface area contributed by atoms with Crippen molar-refractivity contribution in [1.82, 2.24) is 9.71 Å². The number of anilines is 1. The van der Waals surface area contributed by atoms with Crippen LogP contribution >= 0.6 is 0 Å². The topological polar surface area (TPSA) is 71.1 Å². The van der Waals surface area contributed by atoms with Crippen molar-refractivity contribution in [1.29, 1.82) is 0 Å². The summed E-state index contributed by atoms with van der Waals surface area (Å²) in [6.45, 7) is 7.34. The second kappa shape index (κ2) is 5.09. The van der Waals surface area contributed by atoms with Crippen molar-refractivity contribution in [2.24, 2.45) is 11.3 Å². The van der Waals surface area contributed by atoms with Gasteiger partial charge < -0.3 is 5.32 Å². The van der Waals surface area contributed by atoms with Gasteiger partial charge in [0.1, 0.15) is 10.7 Å². The number of hydrogen-bond acceptors (Lipinski definition) is 4. The number of aromatic nitrogens is 1. The minimum atomic E-state index is -3.49. The smallest absolute Gasteiger partial charge is 0.244 e. The largest absolute Gasteiger partial charge is 0.369 e. The fraction of sp³-hybridized carbons (Fsp3) is 0.615. The molecular formula is C13H21N3O2S. The lowest BCUT2D eigenvalue weighted by Crippen LogP contribution is -2.27. The van der Waals surface area contributed by atoms with Gasteiger partial charge in [-0.3, -0.25) is 0 Å². The molecular weight excluding hydrogens is 262 g/mol. The molecule has 0 amide bonds. The Kier molecular flexibility index (Phi) is 3.82. The maximum atomic E-state index is 12.3. The molecule has 2 rings (SSSR count). The predicted molar refractivity (Wildman–Crippen MR) is 75.5 cm³/mol. The number of nitrogens with zero attached hydrogens (tertiary/aromatic N) is 1. The van der Waals surface area contributed by atoms with E-state index >= 15 is 0 Å². The van der Waals surface area contributed by atoms with Crippen molar-refractivity contribution >= 4 is 15.8 Å². The standard InChI is InChI=1S/C13H21N3O2S/c1-4-14-12-11(6-5-7-15-12)19(17,18)16-9-10-8-13(10,2)3/h5-7,10,16H,4,8-9H2,1-3H3,(H,14,15). The molecule has 0 aromatic carbocycles. The Balaban J connectivity index is 2.11. The molecule has 1 aliphatic carbocycles. The molecule has 1 atom stereocenters. The van der Waals surface area contributed by atoms with Crippen molar-refractivity contribution in [3.05, 3.63) is 18.3 Å². The Bertz CT molecular complexity index is 555. The fourth-order valence-corrected chi connectivity index (χ4v) is 3.33. The Labute approximate surface area is 114 Å². The SMILES string of the molecule is CCNc1ncccc1S(=O)(=O)NCC1CC1(C)C. The lowest BCUT2D eigenvalue weighted by molar-refractivity contribution is 0.537.